The van der Waals surface area contributed by atoms with Crippen molar-refractivity contribution in [3.05, 3.63) is 12.7 Å². The largest absolute Gasteiger partial charge is 0.479 e. The number of nitrogens with two attached hydrogens (primary N) is 1. The van der Waals surface area contributed by atoms with Gasteiger partial charge in [-0.15, -0.1) is 0 Å². The van der Waals surface area contributed by atoms with Crippen molar-refractivity contribution < 1.29 is 23.8 Å². The highest BCUT2D eigenvalue weighted by atomic mass is 16.8. The fourth-order valence-corrected chi connectivity index (χ4v) is 4.40. The molecular formula is C22H35N7O5. The van der Waals surface area contributed by atoms with Crippen LogP contribution in [0.2, 0.25) is 0 Å². The second-order valence-corrected chi connectivity index (χ2v) is 9.06. The molecule has 0 saturated carbocycles. The van der Waals surface area contributed by atoms with Gasteiger partial charge in [0.25, 0.3) is 0 Å². The van der Waals surface area contributed by atoms with E-state index in [0.717, 1.165) is 19.4 Å². The minimum absolute atomic E-state index is 0.173. The van der Waals surface area contributed by atoms with Crippen molar-refractivity contribution in [1.82, 2.24) is 24.4 Å². The van der Waals surface area contributed by atoms with Crippen LogP contribution in [0.5, 0.6) is 0 Å². The van der Waals surface area contributed by atoms with E-state index in [1.54, 1.807) is 13.3 Å². The third kappa shape index (κ3) is 5.40. The number of nitrogens with zero attached hydrogens (tertiary/aromatic N) is 6. The van der Waals surface area contributed by atoms with Gasteiger partial charge in [-0.05, 0) is 47.2 Å². The average Bonchev–Trinajstić information content (AvgIpc) is 3.43. The summed E-state index contributed by atoms with van der Waals surface area (Å²) in [7, 11) is 2.07. The first kappa shape index (κ1) is 24.6. The molecule has 0 unspecified atom stereocenters. The molecule has 12 heteroatoms. The first-order chi connectivity index (χ1) is 16.3. The number of nitrogen functional groups attached to an aromatic ring is 1. The summed E-state index contributed by atoms with van der Waals surface area (Å²) in [6.07, 6.45) is 3.86. The van der Waals surface area contributed by atoms with Crippen LogP contribution in [0.4, 0.5) is 5.82 Å². The van der Waals surface area contributed by atoms with E-state index < -0.39 is 12.0 Å². The van der Waals surface area contributed by atoms with Crippen molar-refractivity contribution in [2.24, 2.45) is 5.16 Å². The molecule has 2 aromatic rings. The van der Waals surface area contributed by atoms with Gasteiger partial charge in [-0.3, -0.25) is 4.57 Å². The Bertz CT molecular complexity index is 997. The Hall–Kier alpha value is -2.54. The molecule has 2 aromatic heterocycles. The van der Waals surface area contributed by atoms with E-state index in [9.17, 15) is 0 Å². The van der Waals surface area contributed by atoms with Crippen LogP contribution >= 0.6 is 0 Å². The minimum Gasteiger partial charge on any atom is -0.479 e. The van der Waals surface area contributed by atoms with E-state index in [1.165, 1.54) is 6.33 Å². The number of unbranched alkanes of at least 4 members (excludes halogenated alkanes) is 1. The number of hydrogen-bond acceptors (Lipinski definition) is 11. The van der Waals surface area contributed by atoms with Crippen LogP contribution in [0, 0.1) is 0 Å². The molecule has 0 bridgehead atoms. The van der Waals surface area contributed by atoms with Crippen LogP contribution in [0.15, 0.2) is 17.8 Å². The summed E-state index contributed by atoms with van der Waals surface area (Å²) in [6.45, 7) is 10.3. The predicted molar refractivity (Wildman–Crippen MR) is 125 cm³/mol. The van der Waals surface area contributed by atoms with Crippen molar-refractivity contribution in [1.29, 1.82) is 0 Å². The van der Waals surface area contributed by atoms with Gasteiger partial charge in [-0.25, -0.2) is 15.0 Å². The standard InChI is InChI=1S/C22H35N7O5/c1-6-30-14(2)27-31-10-8-7-9-28(5)11-15-17-18(34-22(3,4)33-17)21(32-15)29-13-26-16-19(23)24-12-25-20(16)29/h12-13,15,17-18,21H,6-11H2,1-5H3,(H2,23,24,25)/b27-14+/t15-,17-,18-,21-/m1/s1. The monoisotopic (exact) mass is 477 g/mol. The highest BCUT2D eigenvalue weighted by molar-refractivity contribution is 5.81. The fourth-order valence-electron chi connectivity index (χ4n) is 4.40. The highest BCUT2D eigenvalue weighted by Crippen LogP contribution is 2.44. The Labute approximate surface area is 199 Å². The molecule has 4 heterocycles. The zero-order chi connectivity index (χ0) is 24.3. The molecule has 0 spiro atoms. The molecule has 4 atom stereocenters. The third-order valence-corrected chi connectivity index (χ3v) is 5.85. The molecular weight excluding hydrogens is 442 g/mol. The van der Waals surface area contributed by atoms with Crippen molar-refractivity contribution in [3.8, 4) is 0 Å². The zero-order valence-corrected chi connectivity index (χ0v) is 20.5. The Morgan fingerprint density at radius 1 is 1.24 bits per heavy atom. The molecule has 34 heavy (non-hydrogen) atoms. The third-order valence-electron chi connectivity index (χ3n) is 5.85. The van der Waals surface area contributed by atoms with Crippen molar-refractivity contribution >= 4 is 22.9 Å². The summed E-state index contributed by atoms with van der Waals surface area (Å²) in [5.41, 5.74) is 7.12. The Kier molecular flexibility index (Phi) is 7.51. The summed E-state index contributed by atoms with van der Waals surface area (Å²) in [6, 6.07) is 0. The molecule has 2 fully saturated rings. The number of fused-ring (bicyclic) bond motifs is 2. The summed E-state index contributed by atoms with van der Waals surface area (Å²) in [5, 5.41) is 3.93. The summed E-state index contributed by atoms with van der Waals surface area (Å²) in [4.78, 5) is 20.3. The van der Waals surface area contributed by atoms with Crippen molar-refractivity contribution in [2.45, 2.75) is 70.9 Å². The predicted octanol–water partition coefficient (Wildman–Crippen LogP) is 1.92. The molecule has 12 nitrogen and oxygen atoms in total. The van der Waals surface area contributed by atoms with Crippen LogP contribution in [0.3, 0.4) is 0 Å². The molecule has 2 saturated heterocycles. The number of oxime groups is 1. The van der Waals surface area contributed by atoms with E-state index in [-0.39, 0.29) is 18.3 Å². The van der Waals surface area contributed by atoms with Gasteiger partial charge in [0, 0.05) is 13.5 Å². The number of rotatable bonds is 10. The van der Waals surface area contributed by atoms with Crippen LogP contribution in [0.1, 0.15) is 46.8 Å². The number of ether oxygens (including phenoxy) is 4. The van der Waals surface area contributed by atoms with Crippen LogP contribution < -0.4 is 5.73 Å². The van der Waals surface area contributed by atoms with Gasteiger partial charge in [0.2, 0.25) is 5.90 Å². The Morgan fingerprint density at radius 3 is 2.82 bits per heavy atom. The average molecular weight is 478 g/mol. The minimum atomic E-state index is -0.698. The van der Waals surface area contributed by atoms with E-state index >= 15 is 0 Å². The van der Waals surface area contributed by atoms with E-state index in [4.69, 9.17) is 29.5 Å². The smallest absolute Gasteiger partial charge is 0.222 e. The fraction of sp³-hybridized carbons (Fsp3) is 0.727. The van der Waals surface area contributed by atoms with Gasteiger partial charge in [0.1, 0.15) is 36.8 Å². The van der Waals surface area contributed by atoms with Gasteiger partial charge >= 0.3 is 0 Å². The first-order valence-electron chi connectivity index (χ1n) is 11.7. The highest BCUT2D eigenvalue weighted by Gasteiger charge is 2.56. The lowest BCUT2D eigenvalue weighted by molar-refractivity contribution is -0.197. The zero-order valence-electron chi connectivity index (χ0n) is 20.5. The molecule has 2 aliphatic rings. The first-order valence-corrected chi connectivity index (χ1v) is 11.7. The van der Waals surface area contributed by atoms with Crippen LogP contribution in [0.25, 0.3) is 11.2 Å². The summed E-state index contributed by atoms with van der Waals surface area (Å²) < 4.78 is 26.0. The Balaban J connectivity index is 1.35. The topological polar surface area (TPSA) is 131 Å². The number of likely N-dealkylation sites (N-methyl/N-ethyl adjacent to an activating group) is 1. The van der Waals surface area contributed by atoms with Crippen molar-refractivity contribution in [2.75, 3.05) is 39.1 Å². The van der Waals surface area contributed by atoms with Gasteiger partial charge in [-0.1, -0.05) is 5.16 Å². The lowest BCUT2D eigenvalue weighted by Crippen LogP contribution is -2.38. The summed E-state index contributed by atoms with van der Waals surface area (Å²) >= 11 is 0. The molecule has 0 radical (unpaired) electrons. The number of imidazole rings is 1. The van der Waals surface area contributed by atoms with Gasteiger partial charge in [-0.2, -0.15) is 0 Å². The lowest BCUT2D eigenvalue weighted by atomic mass is 10.1. The van der Waals surface area contributed by atoms with Gasteiger partial charge in [0.15, 0.2) is 23.5 Å². The van der Waals surface area contributed by atoms with E-state index in [1.807, 2.05) is 25.3 Å². The summed E-state index contributed by atoms with van der Waals surface area (Å²) in [5.74, 6) is 0.181. The lowest BCUT2D eigenvalue weighted by Gasteiger charge is -2.27. The number of aromatic nitrogens is 4. The maximum atomic E-state index is 6.45. The molecule has 2 aliphatic heterocycles. The van der Waals surface area contributed by atoms with Crippen molar-refractivity contribution in [3.63, 3.8) is 0 Å². The second-order valence-electron chi connectivity index (χ2n) is 9.06. The molecule has 0 amide bonds. The number of anilines is 1. The quantitative estimate of drug-likeness (QED) is 0.234. The van der Waals surface area contributed by atoms with E-state index in [0.29, 0.717) is 42.6 Å². The molecule has 188 valence electrons. The molecule has 2 N–H and O–H groups in total. The SMILES string of the molecule is CCO/C(C)=N/OCCCCN(C)C[C@H]1O[C@@H](n2cnc3c(N)ncnc32)[C@@H]2OC(C)(C)O[C@@H]21. The normalized spacial score (nSPS) is 26.4. The second kappa shape index (κ2) is 10.4. The molecule has 4 rings (SSSR count). The van der Waals surface area contributed by atoms with Crippen LogP contribution in [-0.4, -0.2) is 87.8 Å². The van der Waals surface area contributed by atoms with Gasteiger partial charge < -0.3 is 34.4 Å². The maximum Gasteiger partial charge on any atom is 0.222 e. The molecule has 0 aromatic carbocycles. The Morgan fingerprint density at radius 2 is 2.03 bits per heavy atom. The van der Waals surface area contributed by atoms with E-state index in [2.05, 4.69) is 32.1 Å². The maximum absolute atomic E-state index is 6.45. The van der Waals surface area contributed by atoms with Gasteiger partial charge in [0.05, 0.1) is 12.9 Å². The van der Waals surface area contributed by atoms with Crippen LogP contribution in [-0.2, 0) is 23.8 Å². The molecule has 0 aliphatic carbocycles. The number of hydrogen-bond donors (Lipinski definition) is 1.